The van der Waals surface area contributed by atoms with Crippen molar-refractivity contribution in [3.05, 3.63) is 58.4 Å². The Hall–Kier alpha value is -3.35. The van der Waals surface area contributed by atoms with Crippen molar-refractivity contribution in [3.63, 3.8) is 0 Å². The third kappa shape index (κ3) is 5.35. The molecule has 6 nitrogen and oxygen atoms in total. The van der Waals surface area contributed by atoms with Crippen LogP contribution in [0.2, 0.25) is 0 Å². The first-order valence-corrected chi connectivity index (χ1v) is 10.0. The Bertz CT molecular complexity index is 1280. The number of rotatable bonds is 5. The van der Waals surface area contributed by atoms with E-state index in [1.807, 2.05) is 0 Å². The second kappa shape index (κ2) is 8.89. The Morgan fingerprint density at radius 1 is 1.12 bits per heavy atom. The molecular weight excluding hydrogens is 478 g/mol. The first-order valence-electron chi connectivity index (χ1n) is 9.20. The minimum absolute atomic E-state index is 0.0340. The van der Waals surface area contributed by atoms with Crippen LogP contribution in [-0.2, 0) is 11.0 Å². The number of ether oxygens (including phenoxy) is 1. The highest BCUT2D eigenvalue weighted by atomic mass is 32.1. The van der Waals surface area contributed by atoms with Crippen molar-refractivity contribution in [1.29, 1.82) is 0 Å². The summed E-state index contributed by atoms with van der Waals surface area (Å²) in [5.74, 6) is -3.13. The quantitative estimate of drug-likeness (QED) is 0.484. The highest BCUT2D eigenvalue weighted by Crippen LogP contribution is 2.37. The zero-order chi connectivity index (χ0) is 24.6. The third-order valence-electron chi connectivity index (χ3n) is 4.45. The van der Waals surface area contributed by atoms with Gasteiger partial charge in [0.05, 0.1) is 15.8 Å². The highest BCUT2D eigenvalue weighted by Gasteiger charge is 2.35. The van der Waals surface area contributed by atoms with Crippen LogP contribution in [-0.4, -0.2) is 27.9 Å². The molecule has 0 fully saturated rings. The number of halogens is 6. The number of hydrogen-bond acceptors (Lipinski definition) is 4. The number of nitrogens with zero attached hydrogens (tertiary/aromatic N) is 2. The van der Waals surface area contributed by atoms with E-state index in [9.17, 15) is 41.0 Å². The molecule has 0 saturated heterocycles. The van der Waals surface area contributed by atoms with Crippen LogP contribution in [0.1, 0.15) is 35.3 Å². The van der Waals surface area contributed by atoms with E-state index >= 15 is 0 Å². The average Bonchev–Trinajstić information content (AvgIpc) is 3.04. The maximum Gasteiger partial charge on any atom is 0.573 e. The number of aromatic nitrogens is 1. The van der Waals surface area contributed by atoms with Gasteiger partial charge in [-0.15, -0.1) is 13.2 Å². The summed E-state index contributed by atoms with van der Waals surface area (Å²) in [6.45, 7) is 1.49. The fourth-order valence-corrected chi connectivity index (χ4v) is 4.31. The van der Waals surface area contributed by atoms with Crippen LogP contribution in [0, 0.1) is 0 Å². The maximum absolute atomic E-state index is 13.5. The second-order valence-electron chi connectivity index (χ2n) is 6.66. The number of benzene rings is 2. The predicted molar refractivity (Wildman–Crippen MR) is 105 cm³/mol. The minimum atomic E-state index is -5.00. The van der Waals surface area contributed by atoms with Gasteiger partial charge in [0.2, 0.25) is 0 Å². The van der Waals surface area contributed by atoms with Crippen LogP contribution in [0.15, 0.2) is 47.5 Å². The molecule has 3 rings (SSSR count). The van der Waals surface area contributed by atoms with Crippen molar-refractivity contribution < 1.29 is 45.8 Å². The largest absolute Gasteiger partial charge is 0.573 e. The summed E-state index contributed by atoms with van der Waals surface area (Å²) in [5.41, 5.74) is -1.46. The molecule has 0 saturated carbocycles. The fraction of sp³-hybridized carbons (Fsp3) is 0.250. The minimum Gasteiger partial charge on any atom is -0.480 e. The Morgan fingerprint density at radius 3 is 2.36 bits per heavy atom. The highest BCUT2D eigenvalue weighted by molar-refractivity contribution is 7.16. The smallest absolute Gasteiger partial charge is 0.480 e. The van der Waals surface area contributed by atoms with Gasteiger partial charge in [0.1, 0.15) is 11.8 Å². The Balaban J connectivity index is 2.22. The summed E-state index contributed by atoms with van der Waals surface area (Å²) in [5, 5.41) is 9.57. The number of carbonyl (C=O) groups is 2. The van der Waals surface area contributed by atoms with E-state index in [0.29, 0.717) is 11.3 Å². The number of carbonyl (C=O) groups excluding carboxylic acids is 1. The van der Waals surface area contributed by atoms with Crippen molar-refractivity contribution >= 4 is 33.4 Å². The third-order valence-corrected chi connectivity index (χ3v) is 5.56. The van der Waals surface area contributed by atoms with E-state index in [-0.39, 0.29) is 27.0 Å². The number of alkyl halides is 6. The van der Waals surface area contributed by atoms with E-state index in [1.54, 1.807) is 0 Å². The van der Waals surface area contributed by atoms with Crippen LogP contribution < -0.4 is 9.54 Å². The van der Waals surface area contributed by atoms with Crippen molar-refractivity contribution in [2.24, 2.45) is 4.99 Å². The molecular formula is C20H14F6N2O4S. The van der Waals surface area contributed by atoms with E-state index in [2.05, 4.69) is 9.73 Å². The fourth-order valence-electron chi connectivity index (χ4n) is 3.11. The molecule has 1 heterocycles. The number of fused-ring (bicyclic) bond motifs is 1. The van der Waals surface area contributed by atoms with Crippen LogP contribution in [0.25, 0.3) is 10.2 Å². The average molecular weight is 492 g/mol. The standard InChI is InChI=1S/C20H14F6N2O4S/c1-2-13(17(30)31)28-14-8-4-7-12(19(21,22)23)15(14)33-18(28)27-16(29)10-5-3-6-11(9-10)32-20(24,25)26/h3-9,13H,2H2,1H3,(H,30,31). The molecule has 0 spiro atoms. The van der Waals surface area contributed by atoms with Gasteiger partial charge in [-0.2, -0.15) is 18.2 Å². The predicted octanol–water partition coefficient (Wildman–Crippen LogP) is 5.40. The van der Waals surface area contributed by atoms with Gasteiger partial charge in [0.15, 0.2) is 4.80 Å². The van der Waals surface area contributed by atoms with Gasteiger partial charge in [0.25, 0.3) is 5.91 Å². The van der Waals surface area contributed by atoms with E-state index in [0.717, 1.165) is 41.0 Å². The normalized spacial score (nSPS) is 13.8. The Kier molecular flexibility index (Phi) is 6.54. The van der Waals surface area contributed by atoms with Gasteiger partial charge in [-0.1, -0.05) is 30.4 Å². The number of carboxylic acid groups (broad SMARTS) is 1. The van der Waals surface area contributed by atoms with Crippen LogP contribution in [0.5, 0.6) is 5.75 Å². The van der Waals surface area contributed by atoms with Gasteiger partial charge in [0, 0.05) is 5.56 Å². The molecule has 1 N–H and O–H groups in total. The lowest BCUT2D eigenvalue weighted by molar-refractivity contribution is -0.274. The Morgan fingerprint density at radius 2 is 1.79 bits per heavy atom. The molecule has 3 aromatic rings. The summed E-state index contributed by atoms with van der Waals surface area (Å²) in [7, 11) is 0. The van der Waals surface area contributed by atoms with Gasteiger partial charge >= 0.3 is 18.5 Å². The van der Waals surface area contributed by atoms with Gasteiger partial charge < -0.3 is 14.4 Å². The van der Waals surface area contributed by atoms with Crippen molar-refractivity contribution in [2.45, 2.75) is 31.9 Å². The van der Waals surface area contributed by atoms with Crippen molar-refractivity contribution in [1.82, 2.24) is 4.57 Å². The topological polar surface area (TPSA) is 80.9 Å². The number of carboxylic acids is 1. The molecule has 1 atom stereocenters. The summed E-state index contributed by atoms with van der Waals surface area (Å²) in [6, 6.07) is 5.83. The molecule has 33 heavy (non-hydrogen) atoms. The van der Waals surface area contributed by atoms with Crippen LogP contribution in [0.4, 0.5) is 26.3 Å². The van der Waals surface area contributed by atoms with Gasteiger partial charge in [-0.25, -0.2) is 4.79 Å². The number of aliphatic carboxylic acids is 1. The zero-order valence-electron chi connectivity index (χ0n) is 16.6. The summed E-state index contributed by atoms with van der Waals surface area (Å²) < 4.78 is 82.2. The van der Waals surface area contributed by atoms with Crippen molar-refractivity contribution in [2.75, 3.05) is 0 Å². The molecule has 1 unspecified atom stereocenters. The summed E-state index contributed by atoms with van der Waals surface area (Å²) in [6.07, 6.45) is -9.79. The summed E-state index contributed by atoms with van der Waals surface area (Å²) in [4.78, 5) is 27.8. The molecule has 0 aliphatic carbocycles. The molecule has 0 bridgehead atoms. The molecule has 0 radical (unpaired) electrons. The van der Waals surface area contributed by atoms with Crippen LogP contribution >= 0.6 is 11.3 Å². The monoisotopic (exact) mass is 492 g/mol. The van der Waals surface area contributed by atoms with Gasteiger partial charge in [-0.3, -0.25) is 4.79 Å². The molecule has 1 amide bonds. The lowest BCUT2D eigenvalue weighted by atomic mass is 10.1. The number of amides is 1. The first kappa shape index (κ1) is 24.3. The lowest BCUT2D eigenvalue weighted by Gasteiger charge is -2.14. The second-order valence-corrected chi connectivity index (χ2v) is 7.64. The van der Waals surface area contributed by atoms with E-state index in [1.165, 1.54) is 13.0 Å². The molecule has 1 aromatic heterocycles. The summed E-state index contributed by atoms with van der Waals surface area (Å²) >= 11 is 0.457. The number of thiazole rings is 1. The molecule has 2 aromatic carbocycles. The zero-order valence-corrected chi connectivity index (χ0v) is 17.4. The van der Waals surface area contributed by atoms with Crippen LogP contribution in [0.3, 0.4) is 0 Å². The first-order chi connectivity index (χ1) is 15.3. The molecule has 13 heteroatoms. The Labute approximate surface area is 185 Å². The maximum atomic E-state index is 13.5. The van der Waals surface area contributed by atoms with E-state index < -0.39 is 41.8 Å². The molecule has 176 valence electrons. The SMILES string of the molecule is CCC(C(=O)O)n1c(=NC(=O)c2cccc(OC(F)(F)F)c2)sc2c(C(F)(F)F)cccc21. The number of hydrogen-bond donors (Lipinski definition) is 1. The molecule has 0 aliphatic rings. The lowest BCUT2D eigenvalue weighted by Crippen LogP contribution is -2.27. The molecule has 0 aliphatic heterocycles. The van der Waals surface area contributed by atoms with E-state index in [4.69, 9.17) is 0 Å². The van der Waals surface area contributed by atoms with Gasteiger partial charge in [-0.05, 0) is 36.8 Å². The van der Waals surface area contributed by atoms with Crippen molar-refractivity contribution in [3.8, 4) is 5.75 Å².